The van der Waals surface area contributed by atoms with Crippen molar-refractivity contribution < 1.29 is 4.79 Å². The second kappa shape index (κ2) is 4.45. The summed E-state index contributed by atoms with van der Waals surface area (Å²) in [6.07, 6.45) is 1.65. The highest BCUT2D eigenvalue weighted by atomic mass is 127. The second-order valence-corrected chi connectivity index (χ2v) is 3.66. The Labute approximate surface area is 85.5 Å². The normalized spacial score (nSPS) is 9.50. The van der Waals surface area contributed by atoms with E-state index in [1.807, 2.05) is 12.1 Å². The predicted octanol–water partition coefficient (Wildman–Crippen LogP) is 2.42. The van der Waals surface area contributed by atoms with Crippen LogP contribution in [0.2, 0.25) is 0 Å². The molecule has 0 atom stereocenters. The summed E-state index contributed by atoms with van der Waals surface area (Å²) in [5, 5.41) is 2.67. The fraction of sp³-hybridized carbons (Fsp3) is 0.222. The maximum Gasteiger partial charge on any atom is 0.211 e. The van der Waals surface area contributed by atoms with Gasteiger partial charge in [-0.05, 0) is 52.8 Å². The number of benzene rings is 1. The largest absolute Gasteiger partial charge is 0.328 e. The van der Waals surface area contributed by atoms with Gasteiger partial charge in [-0.3, -0.25) is 4.79 Å². The molecule has 1 amide bonds. The fourth-order valence-corrected chi connectivity index (χ4v) is 1.61. The molecule has 0 saturated heterocycles. The zero-order valence-corrected chi connectivity index (χ0v) is 8.96. The molecule has 0 radical (unpaired) electrons. The molecule has 3 heteroatoms. The lowest BCUT2D eigenvalue weighted by molar-refractivity contribution is -0.105. The van der Waals surface area contributed by atoms with Gasteiger partial charge in [-0.1, -0.05) is 6.92 Å². The molecule has 12 heavy (non-hydrogen) atoms. The van der Waals surface area contributed by atoms with Crippen molar-refractivity contribution in [1.29, 1.82) is 0 Å². The molecular weight excluding hydrogens is 265 g/mol. The molecule has 1 aromatic carbocycles. The third kappa shape index (κ3) is 2.20. The molecule has 1 rings (SSSR count). The van der Waals surface area contributed by atoms with Crippen LogP contribution >= 0.6 is 22.6 Å². The fourth-order valence-electron chi connectivity index (χ4n) is 1.06. The minimum atomic E-state index is 0.710. The Bertz CT molecular complexity index is 286. The molecule has 0 aliphatic rings. The molecule has 0 fully saturated rings. The number of nitrogens with one attached hydrogen (secondary N) is 1. The first kappa shape index (κ1) is 9.51. The summed E-state index contributed by atoms with van der Waals surface area (Å²) in [5.41, 5.74) is 2.09. The van der Waals surface area contributed by atoms with E-state index < -0.39 is 0 Å². The Kier molecular flexibility index (Phi) is 3.52. The van der Waals surface area contributed by atoms with Gasteiger partial charge >= 0.3 is 0 Å². The van der Waals surface area contributed by atoms with Crippen molar-refractivity contribution in [3.63, 3.8) is 0 Å². The van der Waals surface area contributed by atoms with E-state index in [9.17, 15) is 4.79 Å². The average molecular weight is 275 g/mol. The van der Waals surface area contributed by atoms with Crippen LogP contribution in [-0.2, 0) is 11.2 Å². The summed E-state index contributed by atoms with van der Waals surface area (Å²) < 4.78 is 1.20. The third-order valence-corrected chi connectivity index (χ3v) is 2.33. The van der Waals surface area contributed by atoms with Crippen LogP contribution < -0.4 is 5.32 Å². The van der Waals surface area contributed by atoms with Gasteiger partial charge in [0.1, 0.15) is 0 Å². The van der Waals surface area contributed by atoms with Crippen molar-refractivity contribution in [2.45, 2.75) is 13.3 Å². The summed E-state index contributed by atoms with van der Waals surface area (Å²) in [5.74, 6) is 0. The molecule has 1 N–H and O–H groups in total. The summed E-state index contributed by atoms with van der Waals surface area (Å²) in [6, 6.07) is 5.98. The quantitative estimate of drug-likeness (QED) is 0.666. The maximum absolute atomic E-state index is 10.2. The van der Waals surface area contributed by atoms with Crippen molar-refractivity contribution in [3.8, 4) is 0 Å². The van der Waals surface area contributed by atoms with Crippen LogP contribution in [0.1, 0.15) is 12.5 Å². The molecule has 0 unspecified atom stereocenters. The smallest absolute Gasteiger partial charge is 0.211 e. The van der Waals surface area contributed by atoms with Crippen molar-refractivity contribution in [3.05, 3.63) is 27.3 Å². The van der Waals surface area contributed by atoms with Gasteiger partial charge in [-0.15, -0.1) is 0 Å². The van der Waals surface area contributed by atoms with Crippen LogP contribution in [0.25, 0.3) is 0 Å². The van der Waals surface area contributed by atoms with Gasteiger partial charge in [0.2, 0.25) is 6.41 Å². The van der Waals surface area contributed by atoms with Crippen molar-refractivity contribution in [1.82, 2.24) is 0 Å². The topological polar surface area (TPSA) is 29.1 Å². The first-order valence-electron chi connectivity index (χ1n) is 3.76. The van der Waals surface area contributed by atoms with E-state index in [1.165, 1.54) is 9.13 Å². The molecule has 0 bridgehead atoms. The summed E-state index contributed by atoms with van der Waals surface area (Å²) in [4.78, 5) is 10.2. The Hall–Kier alpha value is -0.580. The van der Waals surface area contributed by atoms with Gasteiger partial charge in [0, 0.05) is 9.26 Å². The van der Waals surface area contributed by atoms with Gasteiger partial charge in [-0.2, -0.15) is 0 Å². The first-order valence-corrected chi connectivity index (χ1v) is 4.84. The monoisotopic (exact) mass is 275 g/mol. The standard InChI is InChI=1S/C9H10INO/c1-2-7-5-8(10)3-4-9(7)11-6-12/h3-6H,2H2,1H3,(H,11,12). The van der Waals surface area contributed by atoms with E-state index in [2.05, 4.69) is 40.9 Å². The number of amides is 1. The lowest BCUT2D eigenvalue weighted by atomic mass is 10.1. The zero-order valence-electron chi connectivity index (χ0n) is 6.80. The highest BCUT2D eigenvalue weighted by Crippen LogP contribution is 2.18. The lowest BCUT2D eigenvalue weighted by Crippen LogP contribution is -1.98. The van der Waals surface area contributed by atoms with Crippen LogP contribution in [0.3, 0.4) is 0 Å². The highest BCUT2D eigenvalue weighted by molar-refractivity contribution is 14.1. The summed E-state index contributed by atoms with van der Waals surface area (Å²) in [6.45, 7) is 2.07. The first-order chi connectivity index (χ1) is 5.77. The van der Waals surface area contributed by atoms with E-state index in [0.29, 0.717) is 6.41 Å². The van der Waals surface area contributed by atoms with Gasteiger partial charge in [0.25, 0.3) is 0 Å². The molecular formula is C9H10INO. The number of aryl methyl sites for hydroxylation is 1. The minimum Gasteiger partial charge on any atom is -0.328 e. The van der Waals surface area contributed by atoms with E-state index in [4.69, 9.17) is 0 Å². The van der Waals surface area contributed by atoms with Crippen LogP contribution in [-0.4, -0.2) is 6.41 Å². The summed E-state index contributed by atoms with van der Waals surface area (Å²) >= 11 is 2.26. The Morgan fingerprint density at radius 3 is 2.92 bits per heavy atom. The van der Waals surface area contributed by atoms with Crippen molar-refractivity contribution in [2.75, 3.05) is 5.32 Å². The molecule has 64 valence electrons. The SMILES string of the molecule is CCc1cc(I)ccc1NC=O. The predicted molar refractivity (Wildman–Crippen MR) is 58.2 cm³/mol. The van der Waals surface area contributed by atoms with E-state index >= 15 is 0 Å². The molecule has 1 aromatic rings. The van der Waals surface area contributed by atoms with Crippen molar-refractivity contribution >= 4 is 34.7 Å². The van der Waals surface area contributed by atoms with E-state index in [-0.39, 0.29) is 0 Å². The zero-order chi connectivity index (χ0) is 8.97. The van der Waals surface area contributed by atoms with Gasteiger partial charge in [-0.25, -0.2) is 0 Å². The third-order valence-electron chi connectivity index (χ3n) is 1.66. The molecule has 0 saturated carbocycles. The highest BCUT2D eigenvalue weighted by Gasteiger charge is 1.99. The number of carbonyl (C=O) groups is 1. The van der Waals surface area contributed by atoms with Crippen molar-refractivity contribution in [2.24, 2.45) is 0 Å². The minimum absolute atomic E-state index is 0.710. The molecule has 0 aromatic heterocycles. The molecule has 0 aliphatic carbocycles. The Balaban J connectivity index is 3.01. The van der Waals surface area contributed by atoms with Crippen LogP contribution in [0, 0.1) is 3.57 Å². The average Bonchev–Trinajstić information content (AvgIpc) is 2.08. The van der Waals surface area contributed by atoms with Gasteiger partial charge < -0.3 is 5.32 Å². The van der Waals surface area contributed by atoms with E-state index in [0.717, 1.165) is 12.1 Å². The van der Waals surface area contributed by atoms with Gasteiger partial charge in [0.15, 0.2) is 0 Å². The number of hydrogen-bond donors (Lipinski definition) is 1. The Morgan fingerprint density at radius 2 is 2.33 bits per heavy atom. The molecule has 0 aliphatic heterocycles. The molecule has 0 heterocycles. The number of hydrogen-bond acceptors (Lipinski definition) is 1. The second-order valence-electron chi connectivity index (χ2n) is 2.42. The number of anilines is 1. The van der Waals surface area contributed by atoms with Gasteiger partial charge in [0.05, 0.1) is 0 Å². The summed E-state index contributed by atoms with van der Waals surface area (Å²) in [7, 11) is 0. The lowest BCUT2D eigenvalue weighted by Gasteiger charge is -2.05. The number of carbonyl (C=O) groups excluding carboxylic acids is 1. The number of rotatable bonds is 3. The molecule has 0 spiro atoms. The van der Waals surface area contributed by atoms with Crippen LogP contribution in [0.15, 0.2) is 18.2 Å². The van der Waals surface area contributed by atoms with Crippen LogP contribution in [0.5, 0.6) is 0 Å². The van der Waals surface area contributed by atoms with E-state index in [1.54, 1.807) is 0 Å². The van der Waals surface area contributed by atoms with Crippen LogP contribution in [0.4, 0.5) is 5.69 Å². The Morgan fingerprint density at radius 1 is 1.58 bits per heavy atom. The molecule has 2 nitrogen and oxygen atoms in total. The number of halogens is 1. The maximum atomic E-state index is 10.2.